The van der Waals surface area contributed by atoms with E-state index in [9.17, 15) is 22.8 Å². The lowest BCUT2D eigenvalue weighted by Crippen LogP contribution is -2.45. The summed E-state index contributed by atoms with van der Waals surface area (Å²) in [6, 6.07) is 0. The summed E-state index contributed by atoms with van der Waals surface area (Å²) in [5.41, 5.74) is -1.69. The zero-order valence-corrected chi connectivity index (χ0v) is 15.9. The van der Waals surface area contributed by atoms with Crippen molar-refractivity contribution < 1.29 is 17.9 Å². The number of nitrogens with one attached hydrogen (secondary N) is 3. The highest BCUT2D eigenvalue weighted by Gasteiger charge is 2.35. The quantitative estimate of drug-likeness (QED) is 0.583. The molecule has 2 aliphatic rings. The van der Waals surface area contributed by atoms with Gasteiger partial charge in [0.05, 0.1) is 6.10 Å². The van der Waals surface area contributed by atoms with Gasteiger partial charge < -0.3 is 15.0 Å². The maximum absolute atomic E-state index is 12.8. The summed E-state index contributed by atoms with van der Waals surface area (Å²) in [7, 11) is -4.05. The van der Waals surface area contributed by atoms with Crippen LogP contribution in [0.1, 0.15) is 31.4 Å². The van der Waals surface area contributed by atoms with Crippen LogP contribution in [0.2, 0.25) is 0 Å². The second kappa shape index (κ2) is 7.95. The van der Waals surface area contributed by atoms with Crippen LogP contribution in [-0.4, -0.2) is 60.9 Å². The fraction of sp³-hybridized carbons (Fsp3) is 0.688. The molecule has 1 atom stereocenters. The molecule has 1 amide bonds. The largest absolute Gasteiger partial charge is 0.376 e. The van der Waals surface area contributed by atoms with E-state index in [1.54, 1.807) is 0 Å². The van der Waals surface area contributed by atoms with Crippen LogP contribution in [0, 0.1) is 12.8 Å². The first kappa shape index (κ1) is 19.8. The Kier molecular flexibility index (Phi) is 5.82. The minimum absolute atomic E-state index is 0.000167. The van der Waals surface area contributed by atoms with Crippen LogP contribution in [-0.2, 0) is 19.6 Å². The number of sulfonamides is 1. The zero-order valence-electron chi connectivity index (χ0n) is 15.1. The number of aromatic nitrogens is 2. The summed E-state index contributed by atoms with van der Waals surface area (Å²) >= 11 is 0. The number of hydrogen-bond donors (Lipinski definition) is 3. The predicted octanol–water partition coefficient (Wildman–Crippen LogP) is -0.932. The van der Waals surface area contributed by atoms with E-state index in [0.29, 0.717) is 19.4 Å². The van der Waals surface area contributed by atoms with Crippen molar-refractivity contribution in [3.8, 4) is 0 Å². The second-order valence-electron chi connectivity index (χ2n) is 6.92. The molecule has 0 unspecified atom stereocenters. The Bertz CT molecular complexity index is 908. The summed E-state index contributed by atoms with van der Waals surface area (Å²) in [6.07, 6.45) is 2.74. The van der Waals surface area contributed by atoms with E-state index in [0.717, 1.165) is 19.4 Å². The molecular formula is C16H24N4O6S. The smallest absolute Gasteiger partial charge is 0.325 e. The van der Waals surface area contributed by atoms with Crippen LogP contribution in [0.15, 0.2) is 14.5 Å². The van der Waals surface area contributed by atoms with Gasteiger partial charge in [0.2, 0.25) is 15.9 Å². The van der Waals surface area contributed by atoms with E-state index in [-0.39, 0.29) is 36.7 Å². The van der Waals surface area contributed by atoms with Crippen molar-refractivity contribution in [1.82, 2.24) is 19.6 Å². The summed E-state index contributed by atoms with van der Waals surface area (Å²) in [5.74, 6) is -0.367. The number of piperidine rings is 1. The molecule has 3 heterocycles. The molecule has 0 aliphatic carbocycles. The number of aromatic amines is 2. The van der Waals surface area contributed by atoms with Gasteiger partial charge >= 0.3 is 5.69 Å². The van der Waals surface area contributed by atoms with Crippen molar-refractivity contribution in [3.63, 3.8) is 0 Å². The minimum atomic E-state index is -4.05. The molecule has 0 spiro atoms. The number of carbonyl (C=O) groups is 1. The van der Waals surface area contributed by atoms with E-state index in [2.05, 4.69) is 10.3 Å². The summed E-state index contributed by atoms with van der Waals surface area (Å²) in [4.78, 5) is 39.3. The molecule has 1 aromatic rings. The van der Waals surface area contributed by atoms with Crippen molar-refractivity contribution >= 4 is 15.9 Å². The normalized spacial score (nSPS) is 22.0. The summed E-state index contributed by atoms with van der Waals surface area (Å²) in [6.45, 7) is 2.84. The van der Waals surface area contributed by atoms with Gasteiger partial charge in [-0.2, -0.15) is 4.31 Å². The summed E-state index contributed by atoms with van der Waals surface area (Å²) in [5, 5.41) is 2.88. The molecule has 0 bridgehead atoms. The minimum Gasteiger partial charge on any atom is -0.376 e. The van der Waals surface area contributed by atoms with E-state index in [4.69, 9.17) is 4.74 Å². The highest BCUT2D eigenvalue weighted by atomic mass is 32.2. The van der Waals surface area contributed by atoms with E-state index in [1.165, 1.54) is 11.2 Å². The van der Waals surface area contributed by atoms with Crippen LogP contribution in [0.4, 0.5) is 0 Å². The molecule has 2 saturated heterocycles. The topological polar surface area (TPSA) is 141 Å². The van der Waals surface area contributed by atoms with Gasteiger partial charge in [0, 0.05) is 37.9 Å². The van der Waals surface area contributed by atoms with Crippen molar-refractivity contribution in [2.24, 2.45) is 5.92 Å². The molecule has 10 nitrogen and oxygen atoms in total. The lowest BCUT2D eigenvalue weighted by molar-refractivity contribution is -0.126. The molecule has 2 aliphatic heterocycles. The monoisotopic (exact) mass is 400 g/mol. The van der Waals surface area contributed by atoms with Gasteiger partial charge in [-0.1, -0.05) is 0 Å². The van der Waals surface area contributed by atoms with Crippen LogP contribution >= 0.6 is 0 Å². The van der Waals surface area contributed by atoms with E-state index in [1.807, 2.05) is 4.98 Å². The molecule has 150 valence electrons. The van der Waals surface area contributed by atoms with Gasteiger partial charge in [-0.3, -0.25) is 14.6 Å². The molecule has 11 heteroatoms. The second-order valence-corrected chi connectivity index (χ2v) is 8.80. The van der Waals surface area contributed by atoms with E-state index < -0.39 is 26.2 Å². The number of aryl methyl sites for hydroxylation is 1. The van der Waals surface area contributed by atoms with Crippen LogP contribution in [0.25, 0.3) is 0 Å². The molecule has 3 rings (SSSR count). The van der Waals surface area contributed by atoms with Gasteiger partial charge in [0.15, 0.2) is 4.90 Å². The maximum Gasteiger partial charge on any atom is 0.325 e. The molecule has 1 aromatic heterocycles. The molecule has 0 radical (unpaired) electrons. The third-order valence-electron chi connectivity index (χ3n) is 5.03. The summed E-state index contributed by atoms with van der Waals surface area (Å²) < 4.78 is 32.2. The average molecular weight is 400 g/mol. The first-order valence-electron chi connectivity index (χ1n) is 9.01. The number of H-pyrrole nitrogens is 2. The van der Waals surface area contributed by atoms with Crippen molar-refractivity contribution in [2.75, 3.05) is 26.2 Å². The SMILES string of the molecule is Cc1[nH]c(=O)[nH]c(=O)c1S(=O)(=O)N1CCC(C(=O)NC[C@@H]2CCCO2)CC1. The maximum atomic E-state index is 12.8. The molecule has 3 N–H and O–H groups in total. The van der Waals surface area contributed by atoms with Crippen molar-refractivity contribution in [2.45, 2.75) is 43.6 Å². The van der Waals surface area contributed by atoms with Crippen LogP contribution < -0.4 is 16.6 Å². The van der Waals surface area contributed by atoms with E-state index >= 15 is 0 Å². The van der Waals surface area contributed by atoms with Crippen molar-refractivity contribution in [1.29, 1.82) is 0 Å². The van der Waals surface area contributed by atoms with Gasteiger partial charge in [-0.05, 0) is 32.6 Å². The first-order chi connectivity index (χ1) is 12.8. The Balaban J connectivity index is 1.62. The number of rotatable bonds is 5. The molecular weight excluding hydrogens is 376 g/mol. The molecule has 27 heavy (non-hydrogen) atoms. The highest BCUT2D eigenvalue weighted by molar-refractivity contribution is 7.89. The number of hydrogen-bond acceptors (Lipinski definition) is 6. The highest BCUT2D eigenvalue weighted by Crippen LogP contribution is 2.23. The standard InChI is InChI=1S/C16H24N4O6S/c1-10-13(15(22)19-16(23)18-10)27(24,25)20-6-4-11(5-7-20)14(21)17-9-12-3-2-8-26-12/h11-12H,2-9H2,1H3,(H,17,21)(H2,18,19,22,23)/t12-/m0/s1. The first-order valence-corrected chi connectivity index (χ1v) is 10.5. The number of ether oxygens (including phenoxy) is 1. The number of nitrogens with zero attached hydrogens (tertiary/aromatic N) is 1. The Morgan fingerprint density at radius 1 is 1.22 bits per heavy atom. The van der Waals surface area contributed by atoms with Crippen molar-refractivity contribution in [3.05, 3.63) is 26.5 Å². The van der Waals surface area contributed by atoms with Crippen LogP contribution in [0.3, 0.4) is 0 Å². The Hall–Kier alpha value is -1.98. The fourth-order valence-electron chi connectivity index (χ4n) is 3.55. The van der Waals surface area contributed by atoms with Gasteiger partial charge in [0.1, 0.15) is 0 Å². The molecule has 0 saturated carbocycles. The molecule has 0 aromatic carbocycles. The van der Waals surface area contributed by atoms with Gasteiger partial charge in [-0.15, -0.1) is 0 Å². The Morgan fingerprint density at radius 2 is 1.93 bits per heavy atom. The van der Waals surface area contributed by atoms with Crippen LogP contribution in [0.5, 0.6) is 0 Å². The third-order valence-corrected chi connectivity index (χ3v) is 7.08. The fourth-order valence-corrected chi connectivity index (χ4v) is 5.22. The average Bonchev–Trinajstić information content (AvgIpc) is 3.12. The van der Waals surface area contributed by atoms with Gasteiger partial charge in [0.25, 0.3) is 5.56 Å². The third kappa shape index (κ3) is 4.30. The lowest BCUT2D eigenvalue weighted by atomic mass is 9.97. The Labute approximate surface area is 156 Å². The predicted molar refractivity (Wildman–Crippen MR) is 95.9 cm³/mol. The zero-order chi connectivity index (χ0) is 19.6. The number of carbonyl (C=O) groups excluding carboxylic acids is 1. The number of amides is 1. The Morgan fingerprint density at radius 3 is 2.52 bits per heavy atom. The molecule has 2 fully saturated rings. The van der Waals surface area contributed by atoms with Gasteiger partial charge in [-0.25, -0.2) is 13.2 Å². The lowest BCUT2D eigenvalue weighted by Gasteiger charge is -2.30.